The van der Waals surface area contributed by atoms with Gasteiger partial charge in [-0.2, -0.15) is 0 Å². The molecule has 0 unspecified atom stereocenters. The third-order valence-electron chi connectivity index (χ3n) is 5.71. The van der Waals surface area contributed by atoms with E-state index in [2.05, 4.69) is 30.6 Å². The van der Waals surface area contributed by atoms with Crippen LogP contribution in [-0.4, -0.2) is 44.8 Å². The summed E-state index contributed by atoms with van der Waals surface area (Å²) in [7, 11) is 0. The Labute approximate surface area is 206 Å². The fourth-order valence-corrected chi connectivity index (χ4v) is 3.94. The fourth-order valence-electron chi connectivity index (χ4n) is 3.94. The number of nitrogens with zero attached hydrogens (tertiary/aromatic N) is 2. The molecule has 2 heterocycles. The Hall–Kier alpha value is -4.54. The van der Waals surface area contributed by atoms with Crippen LogP contribution < -0.4 is 22.1 Å². The van der Waals surface area contributed by atoms with E-state index in [0.29, 0.717) is 24.5 Å². The van der Waals surface area contributed by atoms with Crippen LogP contribution in [0.5, 0.6) is 0 Å². The predicted molar refractivity (Wildman–Crippen MR) is 141 cm³/mol. The number of H-pyrrole nitrogens is 2. The molecule has 5 rings (SSSR count). The molecule has 0 aliphatic rings. The van der Waals surface area contributed by atoms with Crippen LogP contribution in [0.2, 0.25) is 0 Å². The van der Waals surface area contributed by atoms with E-state index in [4.69, 9.17) is 11.5 Å². The zero-order valence-corrected chi connectivity index (χ0v) is 19.5. The van der Waals surface area contributed by atoms with Crippen molar-refractivity contribution in [3.63, 3.8) is 0 Å². The number of fused-ring (bicyclic) bond motifs is 2. The number of amides is 2. The van der Waals surface area contributed by atoms with Crippen LogP contribution in [0.1, 0.15) is 12.8 Å². The molecule has 0 radical (unpaired) electrons. The normalized spacial score (nSPS) is 11.2. The van der Waals surface area contributed by atoms with Crippen LogP contribution in [0.15, 0.2) is 60.7 Å². The van der Waals surface area contributed by atoms with Crippen molar-refractivity contribution in [3.05, 3.63) is 60.7 Å². The van der Waals surface area contributed by atoms with Crippen molar-refractivity contribution in [1.29, 1.82) is 0 Å². The highest BCUT2D eigenvalue weighted by atomic mass is 16.2. The average Bonchev–Trinajstić information content (AvgIpc) is 3.48. The van der Waals surface area contributed by atoms with Crippen LogP contribution >= 0.6 is 0 Å². The summed E-state index contributed by atoms with van der Waals surface area (Å²) in [6, 6.07) is 19.0. The average molecular weight is 483 g/mol. The lowest BCUT2D eigenvalue weighted by Crippen LogP contribution is -2.16. The van der Waals surface area contributed by atoms with E-state index in [1.165, 1.54) is 0 Å². The Morgan fingerprint density at radius 1 is 0.667 bits per heavy atom. The van der Waals surface area contributed by atoms with Gasteiger partial charge in [-0.05, 0) is 36.4 Å². The van der Waals surface area contributed by atoms with Gasteiger partial charge >= 0.3 is 0 Å². The largest absolute Gasteiger partial charge is 0.338 e. The highest BCUT2D eigenvalue weighted by molar-refractivity contribution is 5.94. The van der Waals surface area contributed by atoms with E-state index in [-0.39, 0.29) is 24.7 Å². The second-order valence-electron chi connectivity index (χ2n) is 8.39. The number of hydrogen-bond donors (Lipinski definition) is 6. The Kier molecular flexibility index (Phi) is 6.44. The van der Waals surface area contributed by atoms with Gasteiger partial charge in [0.2, 0.25) is 11.8 Å². The monoisotopic (exact) mass is 482 g/mol. The number of aromatic nitrogens is 4. The van der Waals surface area contributed by atoms with Crippen molar-refractivity contribution in [3.8, 4) is 22.8 Å². The molecule has 8 N–H and O–H groups in total. The van der Waals surface area contributed by atoms with Crippen molar-refractivity contribution < 1.29 is 9.59 Å². The van der Waals surface area contributed by atoms with E-state index in [9.17, 15) is 9.59 Å². The number of benzene rings is 3. The number of imidazole rings is 2. The van der Waals surface area contributed by atoms with Crippen LogP contribution in [0.25, 0.3) is 44.8 Å². The number of hydrogen-bond acceptors (Lipinski definition) is 6. The van der Waals surface area contributed by atoms with Gasteiger partial charge in [0.05, 0.1) is 22.1 Å². The van der Waals surface area contributed by atoms with E-state index < -0.39 is 0 Å². The minimum absolute atomic E-state index is 0.120. The van der Waals surface area contributed by atoms with Crippen molar-refractivity contribution in [2.45, 2.75) is 12.8 Å². The van der Waals surface area contributed by atoms with Gasteiger partial charge in [0.1, 0.15) is 11.6 Å². The number of carbonyl (C=O) groups excluding carboxylic acids is 2. The van der Waals surface area contributed by atoms with Gasteiger partial charge in [-0.15, -0.1) is 0 Å². The predicted octanol–water partition coefficient (Wildman–Crippen LogP) is 3.35. The zero-order chi connectivity index (χ0) is 25.1. The summed E-state index contributed by atoms with van der Waals surface area (Å²) in [5.74, 6) is 1.21. The standard InChI is InChI=1S/C26H26N8O2/c27-11-9-23(35)29-17-5-7-19-21(13-17)33-25(31-19)15-1-2-16(4-3-15)26-32-20-8-6-18(14-22(20)34-26)30-24(36)10-12-28/h1-8,13-14H,9-12,27-28H2,(H,29,35)(H,30,36)(H,31,33)(H,32,34). The molecule has 0 aliphatic carbocycles. The first-order valence-electron chi connectivity index (χ1n) is 11.6. The molecule has 0 aliphatic heterocycles. The fraction of sp³-hybridized carbons (Fsp3) is 0.154. The summed E-state index contributed by atoms with van der Waals surface area (Å²) < 4.78 is 0. The van der Waals surface area contributed by atoms with E-state index >= 15 is 0 Å². The van der Waals surface area contributed by atoms with Gasteiger partial charge < -0.3 is 32.1 Å². The number of nitrogens with two attached hydrogens (primary N) is 2. The lowest BCUT2D eigenvalue weighted by Gasteiger charge is -2.03. The first kappa shape index (κ1) is 23.2. The number of aromatic amines is 2. The minimum Gasteiger partial charge on any atom is -0.338 e. The molecule has 36 heavy (non-hydrogen) atoms. The molecular weight excluding hydrogens is 456 g/mol. The first-order valence-corrected chi connectivity index (χ1v) is 11.6. The topological polar surface area (TPSA) is 168 Å². The molecule has 2 aromatic heterocycles. The molecule has 3 aromatic carbocycles. The Morgan fingerprint density at radius 3 is 1.47 bits per heavy atom. The quantitative estimate of drug-likeness (QED) is 0.198. The van der Waals surface area contributed by atoms with Crippen LogP contribution in [-0.2, 0) is 9.59 Å². The molecule has 0 saturated carbocycles. The highest BCUT2D eigenvalue weighted by Crippen LogP contribution is 2.27. The summed E-state index contributed by atoms with van der Waals surface area (Å²) >= 11 is 0. The zero-order valence-electron chi connectivity index (χ0n) is 19.5. The maximum atomic E-state index is 11.8. The minimum atomic E-state index is -0.120. The number of carbonyl (C=O) groups is 2. The first-order chi connectivity index (χ1) is 17.5. The number of nitrogens with one attached hydrogen (secondary N) is 4. The number of rotatable bonds is 8. The van der Waals surface area contributed by atoms with Gasteiger partial charge in [0, 0.05) is 48.4 Å². The van der Waals surface area contributed by atoms with Crippen LogP contribution in [0.3, 0.4) is 0 Å². The van der Waals surface area contributed by atoms with Crippen molar-refractivity contribution >= 4 is 45.3 Å². The second-order valence-corrected chi connectivity index (χ2v) is 8.39. The number of anilines is 2. The maximum Gasteiger partial charge on any atom is 0.225 e. The summed E-state index contributed by atoms with van der Waals surface area (Å²) in [5, 5.41) is 5.67. The molecule has 0 atom stereocenters. The van der Waals surface area contributed by atoms with E-state index in [1.54, 1.807) is 0 Å². The van der Waals surface area contributed by atoms with Crippen molar-refractivity contribution in [2.75, 3.05) is 23.7 Å². The summed E-state index contributed by atoms with van der Waals surface area (Å²) in [6.07, 6.45) is 0.548. The summed E-state index contributed by atoms with van der Waals surface area (Å²) in [6.45, 7) is 0.613. The Morgan fingerprint density at radius 2 is 1.08 bits per heavy atom. The smallest absolute Gasteiger partial charge is 0.225 e. The summed E-state index contributed by atoms with van der Waals surface area (Å²) in [4.78, 5) is 39.6. The molecule has 10 nitrogen and oxygen atoms in total. The molecule has 182 valence electrons. The molecule has 0 bridgehead atoms. The maximum absolute atomic E-state index is 11.8. The lowest BCUT2D eigenvalue weighted by atomic mass is 10.1. The van der Waals surface area contributed by atoms with E-state index in [0.717, 1.165) is 44.8 Å². The molecule has 0 spiro atoms. The van der Waals surface area contributed by atoms with Crippen LogP contribution in [0.4, 0.5) is 11.4 Å². The molecule has 2 amide bonds. The van der Waals surface area contributed by atoms with Gasteiger partial charge in [0.15, 0.2) is 0 Å². The lowest BCUT2D eigenvalue weighted by molar-refractivity contribution is -0.116. The molecular formula is C26H26N8O2. The molecule has 5 aromatic rings. The van der Waals surface area contributed by atoms with Crippen LogP contribution in [0, 0.1) is 0 Å². The third-order valence-corrected chi connectivity index (χ3v) is 5.71. The molecule has 0 fully saturated rings. The molecule has 10 heteroatoms. The Bertz CT molecular complexity index is 1430. The molecule has 0 saturated heterocycles. The summed E-state index contributed by atoms with van der Waals surface area (Å²) in [5.41, 5.74) is 17.4. The Balaban J connectivity index is 1.35. The van der Waals surface area contributed by atoms with Gasteiger partial charge in [0.25, 0.3) is 0 Å². The van der Waals surface area contributed by atoms with E-state index in [1.807, 2.05) is 60.7 Å². The van der Waals surface area contributed by atoms with Gasteiger partial charge in [-0.1, -0.05) is 24.3 Å². The van der Waals surface area contributed by atoms with Gasteiger partial charge in [-0.25, -0.2) is 9.97 Å². The van der Waals surface area contributed by atoms with Crippen molar-refractivity contribution in [1.82, 2.24) is 19.9 Å². The second kappa shape index (κ2) is 9.98. The van der Waals surface area contributed by atoms with Crippen molar-refractivity contribution in [2.24, 2.45) is 11.5 Å². The SMILES string of the molecule is NCCC(=O)Nc1ccc2nc(-c3ccc(-c4nc5ccc(NC(=O)CCN)cc5[nH]4)cc3)[nH]c2c1. The third kappa shape index (κ3) is 4.95. The van der Waals surface area contributed by atoms with Gasteiger partial charge in [-0.3, -0.25) is 9.59 Å². The highest BCUT2D eigenvalue weighted by Gasteiger charge is 2.11.